The topological polar surface area (TPSA) is 65.3 Å². The van der Waals surface area contributed by atoms with Crippen molar-refractivity contribution in [2.45, 2.75) is 25.8 Å². The van der Waals surface area contributed by atoms with Gasteiger partial charge in [0.05, 0.1) is 6.20 Å². The third-order valence-corrected chi connectivity index (χ3v) is 3.37. The quantitative estimate of drug-likeness (QED) is 0.836. The van der Waals surface area contributed by atoms with Gasteiger partial charge in [0, 0.05) is 18.9 Å². The molecule has 1 aliphatic carbocycles. The van der Waals surface area contributed by atoms with Crippen LogP contribution in [0.1, 0.15) is 29.6 Å². The van der Waals surface area contributed by atoms with E-state index in [4.69, 9.17) is 5.73 Å². The largest absolute Gasteiger partial charge is 0.365 e. The summed E-state index contributed by atoms with van der Waals surface area (Å²) in [5.74, 6) is 0.329. The molecule has 0 unspecified atom stereocenters. The van der Waals surface area contributed by atoms with Crippen LogP contribution in [0.5, 0.6) is 0 Å². The molecule has 2 heterocycles. The maximum absolute atomic E-state index is 11.3. The zero-order chi connectivity index (χ0) is 11.1. The minimum absolute atomic E-state index is 0.413. The standard InChI is InChI=1S/C11H14N4O/c12-10(16)9-6-13-15-5-4-14(11(9)15)7-8-2-1-3-8/h4-6,8H,1-3,7H2,(H2,12,16). The molecule has 5 nitrogen and oxygen atoms in total. The van der Waals surface area contributed by atoms with Crippen LogP contribution in [0, 0.1) is 5.92 Å². The van der Waals surface area contributed by atoms with Gasteiger partial charge in [-0.2, -0.15) is 5.10 Å². The van der Waals surface area contributed by atoms with E-state index in [1.807, 2.05) is 12.4 Å². The Bertz CT molecular complexity index is 535. The molecule has 0 spiro atoms. The Balaban J connectivity index is 2.02. The number of carbonyl (C=O) groups excluding carboxylic acids is 1. The molecule has 0 aromatic carbocycles. The number of rotatable bonds is 3. The fraction of sp³-hybridized carbons (Fsp3) is 0.455. The lowest BCUT2D eigenvalue weighted by Gasteiger charge is -2.25. The van der Waals surface area contributed by atoms with E-state index >= 15 is 0 Å². The maximum atomic E-state index is 11.3. The summed E-state index contributed by atoms with van der Waals surface area (Å²) in [5, 5.41) is 4.11. The molecule has 2 N–H and O–H groups in total. The number of nitrogens with zero attached hydrogens (tertiary/aromatic N) is 3. The Kier molecular flexibility index (Phi) is 1.99. The Morgan fingerprint density at radius 3 is 2.94 bits per heavy atom. The molecule has 3 rings (SSSR count). The van der Waals surface area contributed by atoms with Gasteiger partial charge < -0.3 is 10.3 Å². The van der Waals surface area contributed by atoms with Crippen molar-refractivity contribution >= 4 is 11.6 Å². The normalized spacial score (nSPS) is 16.5. The maximum Gasteiger partial charge on any atom is 0.254 e. The van der Waals surface area contributed by atoms with Crippen molar-refractivity contribution in [2.24, 2.45) is 11.7 Å². The number of primary amides is 1. The number of hydrogen-bond donors (Lipinski definition) is 1. The van der Waals surface area contributed by atoms with Gasteiger partial charge in [-0.25, -0.2) is 4.52 Å². The van der Waals surface area contributed by atoms with Crippen LogP contribution in [0.2, 0.25) is 0 Å². The highest BCUT2D eigenvalue weighted by Gasteiger charge is 2.20. The van der Waals surface area contributed by atoms with Gasteiger partial charge in [-0.3, -0.25) is 4.79 Å². The molecule has 0 aliphatic heterocycles. The average molecular weight is 218 g/mol. The second kappa shape index (κ2) is 3.37. The number of amides is 1. The summed E-state index contributed by atoms with van der Waals surface area (Å²) in [6.45, 7) is 0.961. The molecule has 16 heavy (non-hydrogen) atoms. The number of nitrogens with two attached hydrogens (primary N) is 1. The number of fused-ring (bicyclic) bond motifs is 1. The van der Waals surface area contributed by atoms with Gasteiger partial charge in [-0.15, -0.1) is 0 Å². The molecular formula is C11H14N4O. The minimum atomic E-state index is -0.413. The van der Waals surface area contributed by atoms with Crippen molar-refractivity contribution in [3.05, 3.63) is 24.2 Å². The van der Waals surface area contributed by atoms with Crippen LogP contribution in [0.15, 0.2) is 18.6 Å². The predicted molar refractivity (Wildman–Crippen MR) is 59.0 cm³/mol. The van der Waals surface area contributed by atoms with E-state index < -0.39 is 5.91 Å². The first-order valence-electron chi connectivity index (χ1n) is 5.58. The van der Waals surface area contributed by atoms with Crippen LogP contribution in [0.25, 0.3) is 5.65 Å². The highest BCUT2D eigenvalue weighted by molar-refractivity contribution is 5.98. The molecule has 1 fully saturated rings. The first kappa shape index (κ1) is 9.45. The molecule has 1 saturated carbocycles. The van der Waals surface area contributed by atoms with E-state index in [0.29, 0.717) is 5.56 Å². The van der Waals surface area contributed by atoms with Gasteiger partial charge in [0.25, 0.3) is 5.91 Å². The summed E-state index contributed by atoms with van der Waals surface area (Å²) in [5.41, 5.74) is 6.65. The van der Waals surface area contributed by atoms with Crippen LogP contribution in [0.4, 0.5) is 0 Å². The molecular weight excluding hydrogens is 204 g/mol. The van der Waals surface area contributed by atoms with E-state index in [2.05, 4.69) is 9.67 Å². The number of imidazole rings is 1. The second-order valence-corrected chi connectivity index (χ2v) is 4.44. The van der Waals surface area contributed by atoms with E-state index in [0.717, 1.165) is 18.1 Å². The van der Waals surface area contributed by atoms with Crippen molar-refractivity contribution in [2.75, 3.05) is 0 Å². The molecule has 0 bridgehead atoms. The number of aromatic nitrogens is 3. The van der Waals surface area contributed by atoms with Crippen molar-refractivity contribution in [1.82, 2.24) is 14.2 Å². The first-order chi connectivity index (χ1) is 7.75. The van der Waals surface area contributed by atoms with Gasteiger partial charge in [0.1, 0.15) is 11.2 Å². The number of carbonyl (C=O) groups is 1. The summed E-state index contributed by atoms with van der Waals surface area (Å²) in [4.78, 5) is 11.3. The molecule has 0 radical (unpaired) electrons. The third kappa shape index (κ3) is 1.31. The van der Waals surface area contributed by atoms with Crippen LogP contribution in [-0.2, 0) is 6.54 Å². The number of hydrogen-bond acceptors (Lipinski definition) is 2. The zero-order valence-corrected chi connectivity index (χ0v) is 8.97. The monoisotopic (exact) mass is 218 g/mol. The van der Waals surface area contributed by atoms with Crippen LogP contribution >= 0.6 is 0 Å². The van der Waals surface area contributed by atoms with Gasteiger partial charge in [0.15, 0.2) is 0 Å². The third-order valence-electron chi connectivity index (χ3n) is 3.37. The van der Waals surface area contributed by atoms with E-state index in [9.17, 15) is 4.79 Å². The average Bonchev–Trinajstić information content (AvgIpc) is 2.71. The van der Waals surface area contributed by atoms with Gasteiger partial charge in [0.2, 0.25) is 0 Å². The predicted octanol–water partition coefficient (Wildman–Crippen LogP) is 1.03. The zero-order valence-electron chi connectivity index (χ0n) is 8.97. The molecule has 84 valence electrons. The molecule has 1 amide bonds. The highest BCUT2D eigenvalue weighted by atomic mass is 16.1. The van der Waals surface area contributed by atoms with Crippen molar-refractivity contribution in [3.63, 3.8) is 0 Å². The molecule has 5 heteroatoms. The molecule has 2 aromatic heterocycles. The lowest BCUT2D eigenvalue weighted by molar-refractivity contribution is 0.100. The van der Waals surface area contributed by atoms with Crippen molar-refractivity contribution < 1.29 is 4.79 Å². The molecule has 0 saturated heterocycles. The second-order valence-electron chi connectivity index (χ2n) is 4.44. The Morgan fingerprint density at radius 2 is 2.31 bits per heavy atom. The van der Waals surface area contributed by atoms with E-state index in [-0.39, 0.29) is 0 Å². The summed E-state index contributed by atoms with van der Waals surface area (Å²) >= 11 is 0. The van der Waals surface area contributed by atoms with Crippen molar-refractivity contribution in [3.8, 4) is 0 Å². The molecule has 1 aliphatic rings. The summed E-state index contributed by atoms with van der Waals surface area (Å²) in [6.07, 6.45) is 9.25. The van der Waals surface area contributed by atoms with Gasteiger partial charge >= 0.3 is 0 Å². The van der Waals surface area contributed by atoms with Crippen LogP contribution in [0.3, 0.4) is 0 Å². The van der Waals surface area contributed by atoms with Crippen LogP contribution < -0.4 is 5.73 Å². The van der Waals surface area contributed by atoms with E-state index in [1.54, 1.807) is 4.52 Å². The molecule has 0 atom stereocenters. The lowest BCUT2D eigenvalue weighted by Crippen LogP contribution is -2.19. The Morgan fingerprint density at radius 1 is 1.50 bits per heavy atom. The highest BCUT2D eigenvalue weighted by Crippen LogP contribution is 2.28. The summed E-state index contributed by atoms with van der Waals surface area (Å²) in [7, 11) is 0. The fourth-order valence-corrected chi connectivity index (χ4v) is 2.24. The first-order valence-corrected chi connectivity index (χ1v) is 5.58. The molecule has 2 aromatic rings. The summed E-state index contributed by atoms with van der Waals surface area (Å²) in [6, 6.07) is 0. The van der Waals surface area contributed by atoms with Gasteiger partial charge in [-0.05, 0) is 18.8 Å². The van der Waals surface area contributed by atoms with E-state index in [1.165, 1.54) is 25.5 Å². The van der Waals surface area contributed by atoms with Gasteiger partial charge in [-0.1, -0.05) is 6.42 Å². The van der Waals surface area contributed by atoms with Crippen LogP contribution in [-0.4, -0.2) is 20.1 Å². The van der Waals surface area contributed by atoms with Crippen molar-refractivity contribution in [1.29, 1.82) is 0 Å². The Hall–Kier alpha value is -1.78. The summed E-state index contributed by atoms with van der Waals surface area (Å²) < 4.78 is 3.79. The minimum Gasteiger partial charge on any atom is -0.365 e. The smallest absolute Gasteiger partial charge is 0.254 e. The SMILES string of the molecule is NC(=O)c1cnn2ccn(CC3CCC3)c12. The Labute approximate surface area is 92.8 Å². The lowest BCUT2D eigenvalue weighted by atomic mass is 9.85. The fourth-order valence-electron chi connectivity index (χ4n) is 2.24.